The number of rotatable bonds is 6. The molecule has 128 valence electrons. The van der Waals surface area contributed by atoms with E-state index in [9.17, 15) is 4.79 Å². The van der Waals surface area contributed by atoms with Crippen molar-refractivity contribution < 1.29 is 9.53 Å². The summed E-state index contributed by atoms with van der Waals surface area (Å²) >= 11 is 0. The Balaban J connectivity index is 1.59. The minimum Gasteiger partial charge on any atom is -0.497 e. The number of methoxy groups -OCH3 is 1. The van der Waals surface area contributed by atoms with Crippen molar-refractivity contribution in [3.05, 3.63) is 48.3 Å². The molecule has 0 saturated carbocycles. The van der Waals surface area contributed by atoms with Crippen molar-refractivity contribution in [2.45, 2.75) is 44.7 Å². The number of aromatic nitrogens is 2. The number of carbonyl (C=O) groups excluding carboxylic acids is 1. The lowest BCUT2D eigenvalue weighted by Crippen LogP contribution is -2.46. The van der Waals surface area contributed by atoms with Gasteiger partial charge in [0.25, 0.3) is 0 Å². The molecule has 0 N–H and O–H groups in total. The Hall–Kier alpha value is -2.30. The van der Waals surface area contributed by atoms with E-state index in [2.05, 4.69) is 10.00 Å². The molecule has 1 aromatic heterocycles. The first kappa shape index (κ1) is 16.6. The summed E-state index contributed by atoms with van der Waals surface area (Å²) in [7, 11) is 1.66. The molecule has 1 aliphatic rings. The maximum Gasteiger partial charge on any atom is 0.223 e. The van der Waals surface area contributed by atoms with Crippen molar-refractivity contribution >= 4 is 5.91 Å². The number of hydrogen-bond donors (Lipinski definition) is 0. The van der Waals surface area contributed by atoms with Gasteiger partial charge in [0.15, 0.2) is 0 Å². The lowest BCUT2D eigenvalue weighted by atomic mass is 10.0. The number of likely N-dealkylation sites (tertiary alicyclic amines) is 1. The Labute approximate surface area is 143 Å². The topological polar surface area (TPSA) is 47.4 Å². The molecule has 0 aliphatic carbocycles. The minimum atomic E-state index is 0.245. The molecule has 1 aromatic carbocycles. The number of piperidine rings is 1. The summed E-state index contributed by atoms with van der Waals surface area (Å²) in [5.41, 5.74) is 1.14. The molecule has 1 atom stereocenters. The number of nitrogens with zero attached hydrogens (tertiary/aromatic N) is 3. The van der Waals surface area contributed by atoms with Crippen LogP contribution in [0.4, 0.5) is 0 Å². The highest BCUT2D eigenvalue weighted by Gasteiger charge is 2.26. The zero-order valence-corrected chi connectivity index (χ0v) is 14.2. The first-order valence-corrected chi connectivity index (χ1v) is 8.66. The van der Waals surface area contributed by atoms with Crippen LogP contribution in [-0.2, 0) is 17.8 Å². The van der Waals surface area contributed by atoms with Crippen molar-refractivity contribution in [2.75, 3.05) is 13.7 Å². The summed E-state index contributed by atoms with van der Waals surface area (Å²) in [4.78, 5) is 14.8. The molecular weight excluding hydrogens is 302 g/mol. The molecule has 1 amide bonds. The quantitative estimate of drug-likeness (QED) is 0.819. The monoisotopic (exact) mass is 327 g/mol. The highest BCUT2D eigenvalue weighted by Crippen LogP contribution is 2.21. The molecule has 2 heterocycles. The summed E-state index contributed by atoms with van der Waals surface area (Å²) in [6, 6.07) is 10.1. The average Bonchev–Trinajstić information content (AvgIpc) is 3.13. The van der Waals surface area contributed by atoms with Gasteiger partial charge in [-0.25, -0.2) is 0 Å². The van der Waals surface area contributed by atoms with Crippen LogP contribution in [0.3, 0.4) is 0 Å². The van der Waals surface area contributed by atoms with Gasteiger partial charge in [0.1, 0.15) is 5.75 Å². The van der Waals surface area contributed by atoms with Crippen molar-refractivity contribution in [1.82, 2.24) is 14.7 Å². The Morgan fingerprint density at radius 2 is 2.25 bits per heavy atom. The third-order valence-electron chi connectivity index (χ3n) is 4.67. The normalized spacial score (nSPS) is 17.7. The number of ether oxygens (including phenoxy) is 1. The third kappa shape index (κ3) is 4.16. The van der Waals surface area contributed by atoms with Crippen molar-refractivity contribution in [3.63, 3.8) is 0 Å². The zero-order valence-electron chi connectivity index (χ0n) is 14.2. The molecule has 0 bridgehead atoms. The molecule has 1 saturated heterocycles. The summed E-state index contributed by atoms with van der Waals surface area (Å²) in [6.45, 7) is 1.65. The van der Waals surface area contributed by atoms with E-state index in [-0.39, 0.29) is 11.9 Å². The molecular formula is C19H25N3O2. The SMILES string of the molecule is COc1cccc(CCC(=O)N2CCCCC2Cn2cccn2)c1. The van der Waals surface area contributed by atoms with E-state index < -0.39 is 0 Å². The van der Waals surface area contributed by atoms with E-state index in [0.29, 0.717) is 6.42 Å². The Morgan fingerprint density at radius 3 is 3.04 bits per heavy atom. The van der Waals surface area contributed by atoms with E-state index >= 15 is 0 Å². The molecule has 1 aliphatic heterocycles. The maximum absolute atomic E-state index is 12.7. The largest absolute Gasteiger partial charge is 0.497 e. The second kappa shape index (κ2) is 7.99. The molecule has 5 nitrogen and oxygen atoms in total. The third-order valence-corrected chi connectivity index (χ3v) is 4.67. The number of amides is 1. The zero-order chi connectivity index (χ0) is 16.8. The molecule has 5 heteroatoms. The van der Waals surface area contributed by atoms with Gasteiger partial charge in [-0.1, -0.05) is 12.1 Å². The molecule has 1 fully saturated rings. The minimum absolute atomic E-state index is 0.245. The summed E-state index contributed by atoms with van der Waals surface area (Å²) in [5, 5.41) is 4.28. The smallest absolute Gasteiger partial charge is 0.223 e. The van der Waals surface area contributed by atoms with Gasteiger partial charge in [-0.3, -0.25) is 9.48 Å². The average molecular weight is 327 g/mol. The lowest BCUT2D eigenvalue weighted by Gasteiger charge is -2.36. The van der Waals surface area contributed by atoms with Gasteiger partial charge in [-0.15, -0.1) is 0 Å². The summed E-state index contributed by atoms with van der Waals surface area (Å²) in [5.74, 6) is 1.09. The molecule has 0 radical (unpaired) electrons. The Morgan fingerprint density at radius 1 is 1.33 bits per heavy atom. The van der Waals surface area contributed by atoms with E-state index in [1.807, 2.05) is 41.2 Å². The van der Waals surface area contributed by atoms with Crippen molar-refractivity contribution in [2.24, 2.45) is 0 Å². The van der Waals surface area contributed by atoms with Crippen LogP contribution >= 0.6 is 0 Å². The highest BCUT2D eigenvalue weighted by atomic mass is 16.5. The van der Waals surface area contributed by atoms with E-state index in [4.69, 9.17) is 4.74 Å². The number of benzene rings is 1. The summed E-state index contributed by atoms with van der Waals surface area (Å²) < 4.78 is 7.18. The second-order valence-electron chi connectivity index (χ2n) is 6.32. The predicted molar refractivity (Wildman–Crippen MR) is 92.9 cm³/mol. The fourth-order valence-electron chi connectivity index (χ4n) is 3.37. The van der Waals surface area contributed by atoms with Crippen molar-refractivity contribution in [3.8, 4) is 5.75 Å². The van der Waals surface area contributed by atoms with Gasteiger partial charge >= 0.3 is 0 Å². The number of carbonyl (C=O) groups is 1. The van der Waals surface area contributed by atoms with Gasteiger partial charge in [0.05, 0.1) is 19.7 Å². The van der Waals surface area contributed by atoms with Crippen LogP contribution < -0.4 is 4.74 Å². The molecule has 0 spiro atoms. The maximum atomic E-state index is 12.7. The second-order valence-corrected chi connectivity index (χ2v) is 6.32. The van der Waals surface area contributed by atoms with Gasteiger partial charge in [-0.2, -0.15) is 5.10 Å². The first-order valence-electron chi connectivity index (χ1n) is 8.66. The molecule has 2 aromatic rings. The van der Waals surface area contributed by atoms with Crippen LogP contribution in [0.15, 0.2) is 42.7 Å². The highest BCUT2D eigenvalue weighted by molar-refractivity contribution is 5.77. The van der Waals surface area contributed by atoms with Crippen LogP contribution in [0, 0.1) is 0 Å². The van der Waals surface area contributed by atoms with Crippen LogP contribution in [0.5, 0.6) is 5.75 Å². The van der Waals surface area contributed by atoms with Gasteiger partial charge in [0, 0.05) is 25.4 Å². The van der Waals surface area contributed by atoms with Crippen molar-refractivity contribution in [1.29, 1.82) is 0 Å². The van der Waals surface area contributed by atoms with E-state index in [0.717, 1.165) is 43.7 Å². The molecule has 1 unspecified atom stereocenters. The van der Waals surface area contributed by atoms with Crippen LogP contribution in [0.2, 0.25) is 0 Å². The Kier molecular flexibility index (Phi) is 5.51. The molecule has 24 heavy (non-hydrogen) atoms. The standard InChI is InChI=1S/C19H25N3O2/c1-24-18-8-4-6-16(14-18)9-10-19(23)22-13-3-2-7-17(22)15-21-12-5-11-20-21/h4-6,8,11-12,14,17H,2-3,7,9-10,13,15H2,1H3. The van der Waals surface area contributed by atoms with Crippen LogP contribution in [-0.4, -0.2) is 40.3 Å². The Bertz CT molecular complexity index is 654. The van der Waals surface area contributed by atoms with Gasteiger partial charge < -0.3 is 9.64 Å². The van der Waals surface area contributed by atoms with E-state index in [1.54, 1.807) is 13.3 Å². The predicted octanol–water partition coefficient (Wildman–Crippen LogP) is 2.91. The van der Waals surface area contributed by atoms with E-state index in [1.165, 1.54) is 6.42 Å². The number of hydrogen-bond acceptors (Lipinski definition) is 3. The number of aryl methyl sites for hydroxylation is 1. The fraction of sp³-hybridized carbons (Fsp3) is 0.474. The first-order chi connectivity index (χ1) is 11.8. The lowest BCUT2D eigenvalue weighted by molar-refractivity contribution is -0.135. The molecule has 3 rings (SSSR count). The summed E-state index contributed by atoms with van der Waals surface area (Å²) in [6.07, 6.45) is 8.39. The van der Waals surface area contributed by atoms with Crippen LogP contribution in [0.1, 0.15) is 31.2 Å². The van der Waals surface area contributed by atoms with Gasteiger partial charge in [0.2, 0.25) is 5.91 Å². The van der Waals surface area contributed by atoms with Crippen LogP contribution in [0.25, 0.3) is 0 Å². The fourth-order valence-corrected chi connectivity index (χ4v) is 3.37. The van der Waals surface area contributed by atoms with Gasteiger partial charge in [-0.05, 0) is 49.4 Å².